The van der Waals surface area contributed by atoms with E-state index in [1.165, 1.54) is 63.1 Å². The predicted molar refractivity (Wildman–Crippen MR) is 127 cm³/mol. The fraction of sp³-hybridized carbons (Fsp3) is 0.500. The van der Waals surface area contributed by atoms with Gasteiger partial charge >= 0.3 is 0 Å². The lowest BCUT2D eigenvalue weighted by Gasteiger charge is -2.25. The van der Waals surface area contributed by atoms with Gasteiger partial charge in [0.2, 0.25) is 0 Å². The Morgan fingerprint density at radius 2 is 1.59 bits per heavy atom. The van der Waals surface area contributed by atoms with Crippen LogP contribution in [-0.4, -0.2) is 22.8 Å². The van der Waals surface area contributed by atoms with E-state index in [1.54, 1.807) is 11.6 Å². The van der Waals surface area contributed by atoms with E-state index in [1.807, 2.05) is 0 Å². The zero-order valence-electron chi connectivity index (χ0n) is 18.0. The summed E-state index contributed by atoms with van der Waals surface area (Å²) in [6.07, 6.45) is 7.72. The third kappa shape index (κ3) is 8.72. The molecule has 1 aliphatic rings. The molecule has 0 heterocycles. The van der Waals surface area contributed by atoms with E-state index in [9.17, 15) is 0 Å². The largest absolute Gasteiger partial charge is 0.299 e. The molecule has 1 fully saturated rings. The first-order valence-electron chi connectivity index (χ1n) is 11.0. The number of aryl methyl sites for hydroxylation is 1. The van der Waals surface area contributed by atoms with Gasteiger partial charge in [-0.2, -0.15) is 5.26 Å². The molecule has 2 nitrogen and oxygen atoms in total. The van der Waals surface area contributed by atoms with Crippen LogP contribution in [0.1, 0.15) is 68.6 Å². The number of hydrogen-bond acceptors (Lipinski definition) is 2. The summed E-state index contributed by atoms with van der Waals surface area (Å²) in [6, 6.07) is 22.1. The van der Waals surface area contributed by atoms with E-state index in [4.69, 9.17) is 5.26 Å². The molecular weight excluding hydrogens is 420 g/mol. The smallest absolute Gasteiger partial charge is 0.0587 e. The number of hydrogen-bond donors (Lipinski definition) is 0. The second-order valence-corrected chi connectivity index (χ2v) is 9.17. The Morgan fingerprint density at radius 3 is 2.17 bits per heavy atom. The number of rotatable bonds is 8. The average molecular weight is 455 g/mol. The maximum atomic E-state index is 7.32. The van der Waals surface area contributed by atoms with Crippen molar-refractivity contribution in [1.29, 1.82) is 5.26 Å². The van der Waals surface area contributed by atoms with Gasteiger partial charge in [-0.05, 0) is 74.2 Å². The van der Waals surface area contributed by atoms with Gasteiger partial charge in [0.05, 0.1) is 6.07 Å². The topological polar surface area (TPSA) is 27.0 Å². The van der Waals surface area contributed by atoms with Crippen molar-refractivity contribution in [2.45, 2.75) is 69.7 Å². The third-order valence-electron chi connectivity index (χ3n) is 5.74. The lowest BCUT2D eigenvalue weighted by molar-refractivity contribution is 0.276. The van der Waals surface area contributed by atoms with E-state index < -0.39 is 0 Å². The Labute approximate surface area is 186 Å². The van der Waals surface area contributed by atoms with Crippen molar-refractivity contribution in [2.75, 3.05) is 13.1 Å². The molecule has 3 rings (SSSR count). The molecule has 0 amide bonds. The molecule has 0 aliphatic heterocycles. The molecule has 0 saturated heterocycles. The normalized spacial score (nSPS) is 18.6. The van der Waals surface area contributed by atoms with Crippen molar-refractivity contribution < 1.29 is 0 Å². The minimum Gasteiger partial charge on any atom is -0.299 e. The van der Waals surface area contributed by atoms with Crippen molar-refractivity contribution in [3.63, 3.8) is 0 Å². The van der Waals surface area contributed by atoms with Crippen molar-refractivity contribution in [1.82, 2.24) is 4.90 Å². The standard InChI is InChI=1S/C24H32BrN.C2H3N/c1-2-26(19-21-7-4-3-5-8-21)18-6-9-20-10-12-22(13-11-20)23-14-16-24(25)17-15-23;1-2-3/h3-5,7-8,10-13,23-24H,2,6,9,14-19H2,1H3;1H3. The molecule has 29 heavy (non-hydrogen) atoms. The van der Waals surface area contributed by atoms with Crippen molar-refractivity contribution >= 4 is 15.9 Å². The summed E-state index contributed by atoms with van der Waals surface area (Å²) in [6.45, 7) is 7.04. The van der Waals surface area contributed by atoms with Gasteiger partial charge in [-0.15, -0.1) is 0 Å². The lowest BCUT2D eigenvalue weighted by atomic mass is 9.84. The number of nitriles is 1. The van der Waals surface area contributed by atoms with Crippen LogP contribution < -0.4 is 0 Å². The Hall–Kier alpha value is -1.63. The average Bonchev–Trinajstić information content (AvgIpc) is 2.75. The minimum atomic E-state index is 0.746. The Balaban J connectivity index is 0.000000941. The predicted octanol–water partition coefficient (Wildman–Crippen LogP) is 7.09. The van der Waals surface area contributed by atoms with Gasteiger partial charge < -0.3 is 0 Å². The van der Waals surface area contributed by atoms with Crippen LogP contribution in [0.15, 0.2) is 54.6 Å². The van der Waals surface area contributed by atoms with E-state index in [0.29, 0.717) is 0 Å². The van der Waals surface area contributed by atoms with Gasteiger partial charge in [0.25, 0.3) is 0 Å². The highest BCUT2D eigenvalue weighted by molar-refractivity contribution is 9.09. The van der Waals surface area contributed by atoms with Crippen LogP contribution in [0.3, 0.4) is 0 Å². The number of nitrogens with zero attached hydrogens (tertiary/aromatic N) is 2. The maximum absolute atomic E-state index is 7.32. The van der Waals surface area contributed by atoms with Gasteiger partial charge in [-0.3, -0.25) is 4.90 Å². The summed E-state index contributed by atoms with van der Waals surface area (Å²) in [5.41, 5.74) is 4.45. The van der Waals surface area contributed by atoms with E-state index in [2.05, 4.69) is 82.4 Å². The summed E-state index contributed by atoms with van der Waals surface area (Å²) in [7, 11) is 0. The van der Waals surface area contributed by atoms with E-state index in [0.717, 1.165) is 23.8 Å². The quantitative estimate of drug-likeness (QED) is 0.397. The molecular formula is C26H35BrN2. The summed E-state index contributed by atoms with van der Waals surface area (Å²) in [5.74, 6) is 0.777. The Kier molecular flexibility index (Phi) is 11.1. The minimum absolute atomic E-state index is 0.746. The molecule has 0 N–H and O–H groups in total. The second-order valence-electron chi connectivity index (χ2n) is 7.87. The first-order valence-corrected chi connectivity index (χ1v) is 11.9. The fourth-order valence-electron chi connectivity index (χ4n) is 4.04. The maximum Gasteiger partial charge on any atom is 0.0587 e. The highest BCUT2D eigenvalue weighted by atomic mass is 79.9. The van der Waals surface area contributed by atoms with Crippen LogP contribution in [0.2, 0.25) is 0 Å². The Morgan fingerprint density at radius 1 is 0.966 bits per heavy atom. The third-order valence-corrected chi connectivity index (χ3v) is 6.66. The molecule has 0 spiro atoms. The second kappa shape index (κ2) is 13.6. The highest BCUT2D eigenvalue weighted by Crippen LogP contribution is 2.35. The van der Waals surface area contributed by atoms with Crippen molar-refractivity contribution in [2.24, 2.45) is 0 Å². The molecule has 0 radical (unpaired) electrons. The summed E-state index contributed by atoms with van der Waals surface area (Å²) in [5, 5.41) is 7.32. The number of halogens is 1. The van der Waals surface area contributed by atoms with Crippen LogP contribution in [0.5, 0.6) is 0 Å². The zero-order valence-corrected chi connectivity index (χ0v) is 19.6. The summed E-state index contributed by atoms with van der Waals surface area (Å²) >= 11 is 3.76. The van der Waals surface area contributed by atoms with Crippen LogP contribution >= 0.6 is 15.9 Å². The number of benzene rings is 2. The molecule has 2 aromatic rings. The lowest BCUT2D eigenvalue weighted by Crippen LogP contribution is -2.24. The fourth-order valence-corrected chi connectivity index (χ4v) is 4.57. The molecule has 156 valence electrons. The molecule has 1 saturated carbocycles. The molecule has 3 heteroatoms. The van der Waals surface area contributed by atoms with Gasteiger partial charge in [0.1, 0.15) is 0 Å². The van der Waals surface area contributed by atoms with Gasteiger partial charge in [0, 0.05) is 18.3 Å². The molecule has 0 bridgehead atoms. The SMILES string of the molecule is CC#N.CCN(CCCc1ccc(C2CCC(Br)CC2)cc1)Cc1ccccc1. The summed E-state index contributed by atoms with van der Waals surface area (Å²) < 4.78 is 0. The molecule has 0 unspecified atom stereocenters. The molecule has 2 aromatic carbocycles. The molecule has 1 aliphatic carbocycles. The first-order chi connectivity index (χ1) is 14.2. The van der Waals surface area contributed by atoms with Crippen LogP contribution in [0, 0.1) is 11.3 Å². The summed E-state index contributed by atoms with van der Waals surface area (Å²) in [4.78, 5) is 3.29. The molecule has 0 atom stereocenters. The van der Waals surface area contributed by atoms with Crippen molar-refractivity contribution in [3.8, 4) is 6.07 Å². The first kappa shape index (κ1) is 23.6. The van der Waals surface area contributed by atoms with Crippen LogP contribution in [0.4, 0.5) is 0 Å². The van der Waals surface area contributed by atoms with Crippen LogP contribution in [0.25, 0.3) is 0 Å². The zero-order chi connectivity index (χ0) is 20.9. The van der Waals surface area contributed by atoms with E-state index in [-0.39, 0.29) is 0 Å². The Bertz CT molecular complexity index is 713. The van der Waals surface area contributed by atoms with Gasteiger partial charge in [-0.1, -0.05) is 77.5 Å². The van der Waals surface area contributed by atoms with Crippen LogP contribution in [-0.2, 0) is 13.0 Å². The van der Waals surface area contributed by atoms with Crippen molar-refractivity contribution in [3.05, 3.63) is 71.3 Å². The molecule has 0 aromatic heterocycles. The highest BCUT2D eigenvalue weighted by Gasteiger charge is 2.20. The van der Waals surface area contributed by atoms with Gasteiger partial charge in [-0.25, -0.2) is 0 Å². The monoisotopic (exact) mass is 454 g/mol. The number of alkyl halides is 1. The van der Waals surface area contributed by atoms with Gasteiger partial charge in [0.15, 0.2) is 0 Å². The van der Waals surface area contributed by atoms with E-state index >= 15 is 0 Å².